The van der Waals surface area contributed by atoms with Gasteiger partial charge in [-0.15, -0.1) is 0 Å². The number of rotatable bonds is 4. The predicted molar refractivity (Wildman–Crippen MR) is 90.7 cm³/mol. The summed E-state index contributed by atoms with van der Waals surface area (Å²) in [4.78, 5) is 19.2. The highest BCUT2D eigenvalue weighted by Gasteiger charge is 2.34. The second-order valence-electron chi connectivity index (χ2n) is 5.58. The highest BCUT2D eigenvalue weighted by atomic mass is 16.2. The van der Waals surface area contributed by atoms with Crippen molar-refractivity contribution < 1.29 is 4.79 Å². The van der Waals surface area contributed by atoms with E-state index in [2.05, 4.69) is 6.92 Å². The van der Waals surface area contributed by atoms with Gasteiger partial charge in [0.25, 0.3) is 5.91 Å². The Morgan fingerprint density at radius 2 is 1.68 bits per heavy atom. The highest BCUT2D eigenvalue weighted by Crippen LogP contribution is 2.29. The van der Waals surface area contributed by atoms with Crippen molar-refractivity contribution in [3.8, 4) is 0 Å². The molecule has 3 heteroatoms. The van der Waals surface area contributed by atoms with Crippen LogP contribution in [0.3, 0.4) is 0 Å². The molecule has 3 nitrogen and oxygen atoms in total. The molecule has 0 unspecified atom stereocenters. The van der Waals surface area contributed by atoms with E-state index in [1.807, 2.05) is 55.5 Å². The molecule has 1 heterocycles. The molecule has 0 N–H and O–H groups in total. The molecular formula is C19H20N2O. The molecule has 0 atom stereocenters. The van der Waals surface area contributed by atoms with Crippen molar-refractivity contribution in [3.05, 3.63) is 65.2 Å². The second kappa shape index (κ2) is 6.14. The van der Waals surface area contributed by atoms with Crippen molar-refractivity contribution in [2.45, 2.75) is 26.7 Å². The van der Waals surface area contributed by atoms with Crippen LogP contribution >= 0.6 is 0 Å². The smallest absolute Gasteiger partial charge is 0.264 e. The molecule has 2 aromatic rings. The van der Waals surface area contributed by atoms with E-state index in [9.17, 15) is 4.79 Å². The SMILES string of the molecule is CCCCN=C1c2ccccc2C(=O)N1c1ccc(C)cc1. The van der Waals surface area contributed by atoms with Crippen LogP contribution in [0.25, 0.3) is 0 Å². The molecule has 0 aromatic heterocycles. The Bertz CT molecular complexity index is 716. The minimum absolute atomic E-state index is 0.00898. The summed E-state index contributed by atoms with van der Waals surface area (Å²) < 4.78 is 0. The summed E-state index contributed by atoms with van der Waals surface area (Å²) in [6.07, 6.45) is 2.12. The van der Waals surface area contributed by atoms with Crippen LogP contribution in [-0.2, 0) is 0 Å². The van der Waals surface area contributed by atoms with Crippen LogP contribution in [0, 0.1) is 6.92 Å². The molecule has 0 saturated heterocycles. The number of amides is 1. The lowest BCUT2D eigenvalue weighted by Gasteiger charge is -2.17. The first-order valence-corrected chi connectivity index (χ1v) is 7.77. The third-order valence-corrected chi connectivity index (χ3v) is 3.88. The lowest BCUT2D eigenvalue weighted by Crippen LogP contribution is -2.30. The van der Waals surface area contributed by atoms with E-state index >= 15 is 0 Å². The Labute approximate surface area is 131 Å². The van der Waals surface area contributed by atoms with E-state index < -0.39 is 0 Å². The van der Waals surface area contributed by atoms with Crippen LogP contribution in [0.5, 0.6) is 0 Å². The lowest BCUT2D eigenvalue weighted by atomic mass is 10.1. The zero-order valence-corrected chi connectivity index (χ0v) is 13.0. The summed E-state index contributed by atoms with van der Waals surface area (Å²) in [7, 11) is 0. The van der Waals surface area contributed by atoms with Gasteiger partial charge in [-0.05, 0) is 31.5 Å². The lowest BCUT2D eigenvalue weighted by molar-refractivity contribution is 0.101. The Hall–Kier alpha value is -2.42. The summed E-state index contributed by atoms with van der Waals surface area (Å²) >= 11 is 0. The maximum atomic E-state index is 12.8. The van der Waals surface area contributed by atoms with Gasteiger partial charge in [-0.1, -0.05) is 49.2 Å². The molecule has 0 bridgehead atoms. The molecule has 22 heavy (non-hydrogen) atoms. The van der Waals surface area contributed by atoms with Gasteiger partial charge in [-0.2, -0.15) is 0 Å². The number of hydrogen-bond donors (Lipinski definition) is 0. The molecule has 2 aromatic carbocycles. The number of unbranched alkanes of at least 4 members (excludes halogenated alkanes) is 1. The van der Waals surface area contributed by atoms with Crippen LogP contribution in [0.4, 0.5) is 5.69 Å². The van der Waals surface area contributed by atoms with Gasteiger partial charge in [0.15, 0.2) is 0 Å². The quantitative estimate of drug-likeness (QED) is 0.777. The van der Waals surface area contributed by atoms with Gasteiger partial charge in [0.05, 0.1) is 11.3 Å². The predicted octanol–water partition coefficient (Wildman–Crippen LogP) is 4.20. The minimum Gasteiger partial charge on any atom is -0.268 e. The third-order valence-electron chi connectivity index (χ3n) is 3.88. The first-order valence-electron chi connectivity index (χ1n) is 7.77. The standard InChI is InChI=1S/C19H20N2O/c1-3-4-13-20-18-16-7-5-6-8-17(16)19(22)21(18)15-11-9-14(2)10-12-15/h5-12H,3-4,13H2,1-2H3. The summed E-state index contributed by atoms with van der Waals surface area (Å²) in [5.74, 6) is 0.785. The van der Waals surface area contributed by atoms with E-state index in [1.165, 1.54) is 5.56 Å². The minimum atomic E-state index is 0.00898. The number of benzene rings is 2. The van der Waals surface area contributed by atoms with Crippen LogP contribution < -0.4 is 4.90 Å². The molecule has 0 aliphatic carbocycles. The van der Waals surface area contributed by atoms with E-state index in [0.717, 1.165) is 42.0 Å². The van der Waals surface area contributed by atoms with E-state index in [-0.39, 0.29) is 5.91 Å². The van der Waals surface area contributed by atoms with Crippen molar-refractivity contribution in [2.75, 3.05) is 11.4 Å². The van der Waals surface area contributed by atoms with Crippen LogP contribution in [0.15, 0.2) is 53.5 Å². The molecule has 0 spiro atoms. The maximum absolute atomic E-state index is 12.8. The van der Waals surface area contributed by atoms with Gasteiger partial charge >= 0.3 is 0 Å². The van der Waals surface area contributed by atoms with Gasteiger partial charge in [0.2, 0.25) is 0 Å². The number of hydrogen-bond acceptors (Lipinski definition) is 2. The Kier molecular flexibility index (Phi) is 4.05. The number of carbonyl (C=O) groups excluding carboxylic acids is 1. The van der Waals surface area contributed by atoms with Gasteiger partial charge in [0, 0.05) is 12.1 Å². The average Bonchev–Trinajstić information content (AvgIpc) is 2.82. The van der Waals surface area contributed by atoms with Crippen molar-refractivity contribution in [1.82, 2.24) is 0 Å². The number of aliphatic imine (C=N–C) groups is 1. The molecule has 0 fully saturated rings. The van der Waals surface area contributed by atoms with Crippen molar-refractivity contribution >= 4 is 17.4 Å². The topological polar surface area (TPSA) is 32.7 Å². The molecule has 112 valence electrons. The molecule has 1 aliphatic heterocycles. The highest BCUT2D eigenvalue weighted by molar-refractivity contribution is 6.36. The summed E-state index contributed by atoms with van der Waals surface area (Å²) in [5.41, 5.74) is 3.72. The molecule has 1 aliphatic rings. The van der Waals surface area contributed by atoms with Crippen LogP contribution in [0.1, 0.15) is 41.3 Å². The fraction of sp³-hybridized carbons (Fsp3) is 0.263. The van der Waals surface area contributed by atoms with E-state index in [4.69, 9.17) is 4.99 Å². The van der Waals surface area contributed by atoms with Crippen molar-refractivity contribution in [2.24, 2.45) is 4.99 Å². The maximum Gasteiger partial charge on any atom is 0.264 e. The van der Waals surface area contributed by atoms with Crippen LogP contribution in [0.2, 0.25) is 0 Å². The zero-order valence-electron chi connectivity index (χ0n) is 13.0. The number of nitrogens with zero attached hydrogens (tertiary/aromatic N) is 2. The number of aryl methyl sites for hydroxylation is 1. The van der Waals surface area contributed by atoms with Gasteiger partial charge < -0.3 is 0 Å². The zero-order chi connectivity index (χ0) is 15.5. The monoisotopic (exact) mass is 292 g/mol. The second-order valence-corrected chi connectivity index (χ2v) is 5.58. The molecule has 3 rings (SSSR count). The fourth-order valence-electron chi connectivity index (χ4n) is 2.63. The first kappa shape index (κ1) is 14.5. The summed E-state index contributed by atoms with van der Waals surface area (Å²) in [6, 6.07) is 15.7. The van der Waals surface area contributed by atoms with Crippen molar-refractivity contribution in [1.29, 1.82) is 0 Å². The Morgan fingerprint density at radius 1 is 1.00 bits per heavy atom. The number of amidine groups is 1. The number of anilines is 1. The molecule has 0 saturated carbocycles. The van der Waals surface area contributed by atoms with E-state index in [0.29, 0.717) is 0 Å². The van der Waals surface area contributed by atoms with Gasteiger partial charge in [-0.3, -0.25) is 14.7 Å². The third kappa shape index (κ3) is 2.54. The molecule has 0 radical (unpaired) electrons. The number of carbonyl (C=O) groups is 1. The largest absolute Gasteiger partial charge is 0.268 e. The summed E-state index contributed by atoms with van der Waals surface area (Å²) in [6.45, 7) is 4.93. The van der Waals surface area contributed by atoms with Crippen LogP contribution in [-0.4, -0.2) is 18.3 Å². The fourth-order valence-corrected chi connectivity index (χ4v) is 2.63. The van der Waals surface area contributed by atoms with E-state index in [1.54, 1.807) is 4.90 Å². The Morgan fingerprint density at radius 3 is 2.36 bits per heavy atom. The summed E-state index contributed by atoms with van der Waals surface area (Å²) in [5, 5.41) is 0. The van der Waals surface area contributed by atoms with Gasteiger partial charge in [-0.25, -0.2) is 0 Å². The molecule has 1 amide bonds. The average molecular weight is 292 g/mol. The number of fused-ring (bicyclic) bond motifs is 1. The first-order chi connectivity index (χ1) is 10.7. The normalized spacial score (nSPS) is 15.5. The molecular weight excluding hydrogens is 272 g/mol. The van der Waals surface area contributed by atoms with Crippen molar-refractivity contribution in [3.63, 3.8) is 0 Å². The Balaban J connectivity index is 2.06. The van der Waals surface area contributed by atoms with Gasteiger partial charge in [0.1, 0.15) is 5.84 Å².